The van der Waals surface area contributed by atoms with Gasteiger partial charge in [0.15, 0.2) is 0 Å². The number of rotatable bonds is 13. The predicted molar refractivity (Wildman–Crippen MR) is 177 cm³/mol. The van der Waals surface area contributed by atoms with Crippen LogP contribution in [0.4, 0.5) is 10.1 Å². The number of anilines is 1. The van der Waals surface area contributed by atoms with Crippen molar-refractivity contribution in [1.82, 2.24) is 9.80 Å². The van der Waals surface area contributed by atoms with Gasteiger partial charge in [0.1, 0.15) is 11.6 Å². The lowest BCUT2D eigenvalue weighted by molar-refractivity contribution is -0.143. The Balaban J connectivity index is 1.48. The molecule has 1 unspecified atom stereocenters. The topological polar surface area (TPSA) is 90.4 Å². The van der Waals surface area contributed by atoms with Gasteiger partial charge in [-0.25, -0.2) is 4.39 Å². The highest BCUT2D eigenvalue weighted by Gasteiger charge is 2.48. The number of halogens is 1. The van der Waals surface area contributed by atoms with Gasteiger partial charge in [-0.2, -0.15) is 0 Å². The third-order valence-corrected chi connectivity index (χ3v) is 10.1. The van der Waals surface area contributed by atoms with Crippen molar-refractivity contribution in [3.05, 3.63) is 58.9 Å². The van der Waals surface area contributed by atoms with Crippen LogP contribution in [0.3, 0.4) is 0 Å². The number of carbonyl (C=O) groups is 3. The summed E-state index contributed by atoms with van der Waals surface area (Å²) < 4.78 is 20.0. The van der Waals surface area contributed by atoms with Gasteiger partial charge < -0.3 is 19.6 Å². The summed E-state index contributed by atoms with van der Waals surface area (Å²) in [5.41, 5.74) is 3.05. The quantitative estimate of drug-likeness (QED) is 0.283. The first-order valence-electron chi connectivity index (χ1n) is 17.0. The maximum absolute atomic E-state index is 14.5. The van der Waals surface area contributed by atoms with E-state index in [4.69, 9.17) is 4.74 Å². The summed E-state index contributed by atoms with van der Waals surface area (Å²) >= 11 is 0. The molecule has 250 valence electrons. The Hall–Kier alpha value is -3.46. The van der Waals surface area contributed by atoms with Gasteiger partial charge >= 0.3 is 5.97 Å². The minimum absolute atomic E-state index is 0.0405. The lowest BCUT2D eigenvalue weighted by Gasteiger charge is -2.35. The van der Waals surface area contributed by atoms with Crippen LogP contribution in [0.25, 0.3) is 0 Å². The van der Waals surface area contributed by atoms with E-state index in [-0.39, 0.29) is 41.6 Å². The molecule has 2 saturated heterocycles. The van der Waals surface area contributed by atoms with Gasteiger partial charge in [0, 0.05) is 56.2 Å². The van der Waals surface area contributed by atoms with E-state index in [1.54, 1.807) is 19.1 Å². The first-order valence-corrected chi connectivity index (χ1v) is 17.0. The fourth-order valence-electron chi connectivity index (χ4n) is 7.96. The molecule has 0 aliphatic carbocycles. The number of fused-ring (bicyclic) bond motifs is 1. The number of likely N-dealkylation sites (tertiary alicyclic amines) is 2. The van der Waals surface area contributed by atoms with Gasteiger partial charge in [0.2, 0.25) is 11.8 Å². The van der Waals surface area contributed by atoms with Crippen LogP contribution in [0.2, 0.25) is 0 Å². The number of aryl methyl sites for hydroxylation is 1. The van der Waals surface area contributed by atoms with E-state index in [1.165, 1.54) is 6.07 Å². The summed E-state index contributed by atoms with van der Waals surface area (Å²) in [7, 11) is 0. The highest BCUT2D eigenvalue weighted by molar-refractivity contribution is 5.95. The Morgan fingerprint density at radius 1 is 1.13 bits per heavy atom. The molecular formula is C37H50FN3O5. The second kappa shape index (κ2) is 14.1. The zero-order valence-corrected chi connectivity index (χ0v) is 28.1. The van der Waals surface area contributed by atoms with E-state index in [9.17, 15) is 23.9 Å². The normalized spacial score (nSPS) is 22.4. The number of aliphatic carboxylic acids is 1. The van der Waals surface area contributed by atoms with E-state index in [2.05, 4.69) is 33.8 Å². The van der Waals surface area contributed by atoms with E-state index < -0.39 is 17.9 Å². The Morgan fingerprint density at radius 2 is 1.87 bits per heavy atom. The van der Waals surface area contributed by atoms with E-state index >= 15 is 0 Å². The van der Waals surface area contributed by atoms with E-state index in [0.29, 0.717) is 50.3 Å². The Kier molecular flexibility index (Phi) is 10.4. The van der Waals surface area contributed by atoms with Gasteiger partial charge in [-0.05, 0) is 72.6 Å². The van der Waals surface area contributed by atoms with Crippen molar-refractivity contribution in [2.75, 3.05) is 37.7 Å². The lowest BCUT2D eigenvalue weighted by Crippen LogP contribution is -2.48. The minimum Gasteiger partial charge on any atom is -0.493 e. The molecule has 0 radical (unpaired) electrons. The number of carboxylic acid groups (broad SMARTS) is 1. The van der Waals surface area contributed by atoms with Crippen molar-refractivity contribution in [1.29, 1.82) is 0 Å². The molecule has 0 saturated carbocycles. The van der Waals surface area contributed by atoms with E-state index in [1.807, 2.05) is 26.8 Å². The zero-order chi connectivity index (χ0) is 33.2. The Morgan fingerprint density at radius 3 is 2.50 bits per heavy atom. The summed E-state index contributed by atoms with van der Waals surface area (Å²) in [5, 5.41) is 10.7. The smallest absolute Gasteiger partial charge is 0.308 e. The van der Waals surface area contributed by atoms with Crippen LogP contribution in [0.15, 0.2) is 36.4 Å². The number of hydrogen-bond donors (Lipinski definition) is 1. The Bertz CT molecular complexity index is 1440. The third kappa shape index (κ3) is 7.24. The number of benzene rings is 2. The molecule has 2 fully saturated rings. The third-order valence-electron chi connectivity index (χ3n) is 10.1. The molecule has 3 aliphatic heterocycles. The maximum atomic E-state index is 14.5. The molecule has 2 aromatic carbocycles. The van der Waals surface area contributed by atoms with Crippen molar-refractivity contribution in [3.8, 4) is 5.75 Å². The van der Waals surface area contributed by atoms with Crippen molar-refractivity contribution < 1.29 is 28.6 Å². The van der Waals surface area contributed by atoms with Crippen molar-refractivity contribution in [2.45, 2.75) is 97.6 Å². The summed E-state index contributed by atoms with van der Waals surface area (Å²) in [6, 6.07) is 10.3. The number of carboxylic acids is 1. The molecule has 8 nitrogen and oxygen atoms in total. The fourth-order valence-corrected chi connectivity index (χ4v) is 7.96. The lowest BCUT2D eigenvalue weighted by atomic mass is 9.83. The average molecular weight is 636 g/mol. The summed E-state index contributed by atoms with van der Waals surface area (Å²) in [5.74, 6) is -1.46. The molecule has 0 bridgehead atoms. The van der Waals surface area contributed by atoms with Gasteiger partial charge in [-0.3, -0.25) is 19.3 Å². The molecule has 9 heteroatoms. The Labute approximate surface area is 272 Å². The molecule has 1 N–H and O–H groups in total. The zero-order valence-electron chi connectivity index (χ0n) is 28.1. The monoisotopic (exact) mass is 635 g/mol. The first kappa shape index (κ1) is 33.9. The molecule has 2 aromatic rings. The highest BCUT2D eigenvalue weighted by Crippen LogP contribution is 2.42. The van der Waals surface area contributed by atoms with Crippen molar-refractivity contribution in [2.24, 2.45) is 11.3 Å². The summed E-state index contributed by atoms with van der Waals surface area (Å²) in [4.78, 5) is 46.1. The number of nitrogens with zero attached hydrogens (tertiary/aromatic N) is 3. The molecule has 46 heavy (non-hydrogen) atoms. The van der Waals surface area contributed by atoms with Crippen LogP contribution < -0.4 is 9.64 Å². The van der Waals surface area contributed by atoms with Crippen LogP contribution in [-0.2, 0) is 20.8 Å². The predicted octanol–water partition coefficient (Wildman–Crippen LogP) is 6.19. The fraction of sp³-hybridized carbons (Fsp3) is 0.595. The molecule has 5 rings (SSSR count). The van der Waals surface area contributed by atoms with Crippen LogP contribution in [0.5, 0.6) is 5.75 Å². The first-order chi connectivity index (χ1) is 21.9. The van der Waals surface area contributed by atoms with Crippen LogP contribution in [0, 0.1) is 24.1 Å². The second-order valence-electron chi connectivity index (χ2n) is 14.3. The molecule has 0 aromatic heterocycles. The van der Waals surface area contributed by atoms with E-state index in [0.717, 1.165) is 49.0 Å². The van der Waals surface area contributed by atoms with Crippen molar-refractivity contribution in [3.63, 3.8) is 0 Å². The molecule has 3 heterocycles. The van der Waals surface area contributed by atoms with Crippen LogP contribution in [0.1, 0.15) is 88.8 Å². The largest absolute Gasteiger partial charge is 0.493 e. The highest BCUT2D eigenvalue weighted by atomic mass is 19.1. The average Bonchev–Trinajstić information content (AvgIpc) is 3.68. The van der Waals surface area contributed by atoms with Gasteiger partial charge in [-0.15, -0.1) is 0 Å². The van der Waals surface area contributed by atoms with Crippen molar-refractivity contribution >= 4 is 23.5 Å². The number of hydrogen-bond acceptors (Lipinski definition) is 5. The van der Waals surface area contributed by atoms with Gasteiger partial charge in [-0.1, -0.05) is 52.7 Å². The molecule has 3 aliphatic rings. The number of ether oxygens (including phenoxy) is 1. The molecule has 2 amide bonds. The van der Waals surface area contributed by atoms with Crippen LogP contribution >= 0.6 is 0 Å². The van der Waals surface area contributed by atoms with Gasteiger partial charge in [0.05, 0.1) is 19.1 Å². The number of carbonyl (C=O) groups excluding carboxylic acids is 2. The second-order valence-corrected chi connectivity index (χ2v) is 14.3. The maximum Gasteiger partial charge on any atom is 0.308 e. The molecule has 3 atom stereocenters. The molecular weight excluding hydrogens is 585 g/mol. The van der Waals surface area contributed by atoms with Crippen LogP contribution in [-0.4, -0.2) is 77.6 Å². The summed E-state index contributed by atoms with van der Waals surface area (Å²) in [6.07, 6.45) is 5.13. The molecule has 0 spiro atoms. The minimum atomic E-state index is -0.893. The number of amides is 2. The van der Waals surface area contributed by atoms with Gasteiger partial charge in [0.25, 0.3) is 0 Å². The standard InChI is InChI=1S/C37H50FN3O5/c1-6-8-27(9-7-2)41(28-11-12-30(38)24(3)18-28)34(43)22-40-21-29(25-10-13-32-26(19-25)15-17-46-32)35(36(44)45)31(40)14-16-39-23-37(4,5)20-33(39)42/h10-13,18-19,27,29,31,35H,6-9,14-17,20-23H2,1-5H3,(H,44,45)/t29-,31+,35?/m1/s1. The summed E-state index contributed by atoms with van der Waals surface area (Å²) in [6.45, 7) is 12.2. The SMILES string of the molecule is CCCC(CCC)N(C(=O)CN1C[C@H](c2ccc3c(c2)CCO3)C(C(=O)O)[C@@H]1CCN1CC(C)(C)CC1=O)c1ccc(F)c(C)c1.